The van der Waals surface area contributed by atoms with Crippen LogP contribution in [0.4, 0.5) is 5.69 Å². The third-order valence-corrected chi connectivity index (χ3v) is 3.54. The van der Waals surface area contributed by atoms with E-state index in [4.69, 9.17) is 4.74 Å². The molecule has 0 heterocycles. The van der Waals surface area contributed by atoms with Gasteiger partial charge in [0.2, 0.25) is 0 Å². The first kappa shape index (κ1) is 17.4. The molecule has 21 heavy (non-hydrogen) atoms. The summed E-state index contributed by atoms with van der Waals surface area (Å²) in [4.78, 5) is 21.8. The van der Waals surface area contributed by atoms with E-state index < -0.39 is 11.0 Å². The van der Waals surface area contributed by atoms with Gasteiger partial charge >= 0.3 is 5.97 Å². The molecule has 7 nitrogen and oxygen atoms in total. The number of nitrogens with zero attached hydrogens (tertiary/aromatic N) is 1. The zero-order chi connectivity index (χ0) is 15.8. The van der Waals surface area contributed by atoms with Crippen molar-refractivity contribution in [3.8, 4) is 5.75 Å². The molecule has 0 bridgehead atoms. The number of nitro benzene ring substituents is 1. The summed E-state index contributed by atoms with van der Waals surface area (Å²) in [5, 5.41) is 13.8. The first-order valence-corrected chi connectivity index (χ1v) is 7.17. The standard InChI is InChI=1S/C13H17BrN2O5/c1-3-15-9(13(17)20-2)7-8-21-11-6-4-5-10(12(11)14)16(18)19/h4-6,9,15H,3,7-8H2,1-2H3. The number of ether oxygens (including phenoxy) is 2. The highest BCUT2D eigenvalue weighted by Gasteiger charge is 2.19. The SMILES string of the molecule is CCNC(CCOc1cccc([N+](=O)[O-])c1Br)C(=O)OC. The summed E-state index contributed by atoms with van der Waals surface area (Å²) in [7, 11) is 1.32. The summed E-state index contributed by atoms with van der Waals surface area (Å²) in [6.07, 6.45) is 0.398. The number of benzene rings is 1. The van der Waals surface area contributed by atoms with E-state index in [0.29, 0.717) is 18.7 Å². The Labute approximate surface area is 130 Å². The molecule has 0 fully saturated rings. The second-order valence-electron chi connectivity index (χ2n) is 4.12. The van der Waals surface area contributed by atoms with Gasteiger partial charge in [-0.2, -0.15) is 0 Å². The minimum Gasteiger partial charge on any atom is -0.492 e. The van der Waals surface area contributed by atoms with Crippen LogP contribution in [0.15, 0.2) is 22.7 Å². The zero-order valence-corrected chi connectivity index (χ0v) is 13.4. The van der Waals surface area contributed by atoms with E-state index in [-0.39, 0.29) is 22.7 Å². The molecule has 1 unspecified atom stereocenters. The van der Waals surface area contributed by atoms with Gasteiger partial charge in [0.15, 0.2) is 0 Å². The number of nitrogens with one attached hydrogen (secondary N) is 1. The highest BCUT2D eigenvalue weighted by molar-refractivity contribution is 9.10. The van der Waals surface area contributed by atoms with Crippen LogP contribution in [0.2, 0.25) is 0 Å². The quantitative estimate of drug-likeness (QED) is 0.434. The van der Waals surface area contributed by atoms with Crippen molar-refractivity contribution in [2.45, 2.75) is 19.4 Å². The van der Waals surface area contributed by atoms with Crippen LogP contribution >= 0.6 is 15.9 Å². The minimum absolute atomic E-state index is 0.0660. The molecule has 0 aliphatic heterocycles. The molecule has 0 saturated carbocycles. The molecule has 1 N–H and O–H groups in total. The summed E-state index contributed by atoms with van der Waals surface area (Å²) in [5.74, 6) is 0.00266. The number of rotatable bonds is 8. The molecule has 0 radical (unpaired) electrons. The molecule has 0 aromatic heterocycles. The maximum Gasteiger partial charge on any atom is 0.322 e. The number of likely N-dealkylation sites (N-methyl/N-ethyl adjacent to an activating group) is 1. The van der Waals surface area contributed by atoms with E-state index in [0.717, 1.165) is 0 Å². The monoisotopic (exact) mass is 360 g/mol. The summed E-state index contributed by atoms with van der Waals surface area (Å²) in [6, 6.07) is 4.09. The van der Waals surface area contributed by atoms with Crippen LogP contribution in [0.3, 0.4) is 0 Å². The number of carbonyl (C=O) groups is 1. The maximum absolute atomic E-state index is 11.5. The second-order valence-corrected chi connectivity index (χ2v) is 4.91. The molecule has 0 spiro atoms. The van der Waals surface area contributed by atoms with Crippen molar-refractivity contribution < 1.29 is 19.2 Å². The Bertz CT molecular complexity index is 509. The lowest BCUT2D eigenvalue weighted by Gasteiger charge is -2.16. The van der Waals surface area contributed by atoms with Gasteiger partial charge in [0.25, 0.3) is 5.69 Å². The lowest BCUT2D eigenvalue weighted by molar-refractivity contribution is -0.385. The third kappa shape index (κ3) is 4.98. The van der Waals surface area contributed by atoms with Crippen LogP contribution in [0.1, 0.15) is 13.3 Å². The summed E-state index contributed by atoms with van der Waals surface area (Å²) in [5.41, 5.74) is -0.0660. The molecule has 116 valence electrons. The van der Waals surface area contributed by atoms with E-state index >= 15 is 0 Å². The normalized spacial score (nSPS) is 11.8. The number of halogens is 1. The molecular weight excluding hydrogens is 344 g/mol. The van der Waals surface area contributed by atoms with Gasteiger partial charge in [0.1, 0.15) is 16.3 Å². The third-order valence-electron chi connectivity index (χ3n) is 2.74. The van der Waals surface area contributed by atoms with Crippen molar-refractivity contribution >= 4 is 27.6 Å². The predicted octanol–water partition coefficient (Wildman–Crippen LogP) is 2.28. The predicted molar refractivity (Wildman–Crippen MR) is 80.4 cm³/mol. The van der Waals surface area contributed by atoms with Crippen molar-refractivity contribution in [1.82, 2.24) is 5.32 Å². The van der Waals surface area contributed by atoms with E-state index in [9.17, 15) is 14.9 Å². The van der Waals surface area contributed by atoms with Crippen molar-refractivity contribution in [1.29, 1.82) is 0 Å². The lowest BCUT2D eigenvalue weighted by atomic mass is 10.2. The van der Waals surface area contributed by atoms with Crippen LogP contribution in [0.5, 0.6) is 5.75 Å². The molecule has 1 aromatic rings. The number of nitro groups is 1. The molecule has 0 aliphatic rings. The smallest absolute Gasteiger partial charge is 0.322 e. The topological polar surface area (TPSA) is 90.7 Å². The van der Waals surface area contributed by atoms with Gasteiger partial charge in [-0.15, -0.1) is 0 Å². The van der Waals surface area contributed by atoms with Gasteiger partial charge in [-0.3, -0.25) is 14.9 Å². The van der Waals surface area contributed by atoms with Gasteiger partial charge in [-0.25, -0.2) is 0 Å². The van der Waals surface area contributed by atoms with Crippen LogP contribution in [0.25, 0.3) is 0 Å². The van der Waals surface area contributed by atoms with Crippen LogP contribution < -0.4 is 10.1 Å². The van der Waals surface area contributed by atoms with Gasteiger partial charge in [-0.05, 0) is 28.5 Å². The van der Waals surface area contributed by atoms with E-state index in [1.54, 1.807) is 12.1 Å². The summed E-state index contributed by atoms with van der Waals surface area (Å²) < 4.78 is 10.5. The second kappa shape index (κ2) is 8.58. The number of hydrogen-bond donors (Lipinski definition) is 1. The highest BCUT2D eigenvalue weighted by Crippen LogP contribution is 2.33. The molecule has 8 heteroatoms. The molecule has 0 amide bonds. The lowest BCUT2D eigenvalue weighted by Crippen LogP contribution is -2.38. The van der Waals surface area contributed by atoms with Crippen molar-refractivity contribution in [3.05, 3.63) is 32.8 Å². The van der Waals surface area contributed by atoms with E-state index in [1.807, 2.05) is 6.92 Å². The van der Waals surface area contributed by atoms with E-state index in [2.05, 4.69) is 26.0 Å². The average Bonchev–Trinajstić information content (AvgIpc) is 2.46. The van der Waals surface area contributed by atoms with Crippen LogP contribution in [-0.2, 0) is 9.53 Å². The fourth-order valence-electron chi connectivity index (χ4n) is 1.73. The first-order valence-electron chi connectivity index (χ1n) is 6.38. The molecule has 1 aromatic carbocycles. The summed E-state index contributed by atoms with van der Waals surface area (Å²) in [6.45, 7) is 2.74. The minimum atomic E-state index is -0.493. The van der Waals surface area contributed by atoms with E-state index in [1.165, 1.54) is 13.2 Å². The highest BCUT2D eigenvalue weighted by atomic mass is 79.9. The Morgan fingerprint density at radius 1 is 1.52 bits per heavy atom. The van der Waals surface area contributed by atoms with Crippen molar-refractivity contribution in [2.75, 3.05) is 20.3 Å². The Balaban J connectivity index is 2.65. The zero-order valence-electron chi connectivity index (χ0n) is 11.8. The maximum atomic E-state index is 11.5. The fourth-order valence-corrected chi connectivity index (χ4v) is 2.25. The largest absolute Gasteiger partial charge is 0.492 e. The molecule has 0 aliphatic carbocycles. The number of esters is 1. The average molecular weight is 361 g/mol. The molecule has 0 saturated heterocycles. The van der Waals surface area contributed by atoms with Gasteiger partial charge in [0, 0.05) is 12.5 Å². The first-order chi connectivity index (χ1) is 10.0. The van der Waals surface area contributed by atoms with Gasteiger partial charge < -0.3 is 14.8 Å². The Morgan fingerprint density at radius 3 is 2.81 bits per heavy atom. The van der Waals surface area contributed by atoms with Crippen molar-refractivity contribution in [3.63, 3.8) is 0 Å². The fraction of sp³-hybridized carbons (Fsp3) is 0.462. The molecular formula is C13H17BrN2O5. The van der Waals surface area contributed by atoms with Gasteiger partial charge in [-0.1, -0.05) is 13.0 Å². The number of carbonyl (C=O) groups excluding carboxylic acids is 1. The Hall–Kier alpha value is -1.67. The van der Waals surface area contributed by atoms with Crippen molar-refractivity contribution in [2.24, 2.45) is 0 Å². The molecule has 1 atom stereocenters. The van der Waals surface area contributed by atoms with Crippen LogP contribution in [-0.4, -0.2) is 37.2 Å². The number of hydrogen-bond acceptors (Lipinski definition) is 6. The Morgan fingerprint density at radius 2 is 2.24 bits per heavy atom. The summed E-state index contributed by atoms with van der Waals surface area (Å²) >= 11 is 3.15. The van der Waals surface area contributed by atoms with Crippen LogP contribution in [0, 0.1) is 10.1 Å². The number of methoxy groups -OCH3 is 1. The Kier molecular flexibility index (Phi) is 7.10. The van der Waals surface area contributed by atoms with Gasteiger partial charge in [0.05, 0.1) is 18.6 Å². The molecule has 1 rings (SSSR count).